The SMILES string of the molecule is Cn1ccc(CNC(CC(=O)O)c2cccs2)c1. The Bertz CT molecular complexity index is 505. The van der Waals surface area contributed by atoms with E-state index in [1.807, 2.05) is 47.6 Å². The van der Waals surface area contributed by atoms with Crippen LogP contribution in [0.4, 0.5) is 0 Å². The van der Waals surface area contributed by atoms with Gasteiger partial charge in [-0.3, -0.25) is 4.79 Å². The van der Waals surface area contributed by atoms with E-state index in [0.29, 0.717) is 6.54 Å². The summed E-state index contributed by atoms with van der Waals surface area (Å²) in [7, 11) is 1.97. The number of nitrogens with one attached hydrogen (secondary N) is 1. The zero-order chi connectivity index (χ0) is 13.0. The second-order valence-corrected chi connectivity index (χ2v) is 5.21. The summed E-state index contributed by atoms with van der Waals surface area (Å²) in [6, 6.07) is 5.82. The molecular formula is C13H16N2O2S. The molecule has 96 valence electrons. The van der Waals surface area contributed by atoms with Crippen LogP contribution in [0.25, 0.3) is 0 Å². The number of aromatic nitrogens is 1. The molecule has 0 aliphatic rings. The normalized spacial score (nSPS) is 12.5. The molecule has 0 saturated heterocycles. The van der Waals surface area contributed by atoms with Crippen molar-refractivity contribution in [2.75, 3.05) is 0 Å². The summed E-state index contributed by atoms with van der Waals surface area (Å²) in [6.45, 7) is 0.677. The van der Waals surface area contributed by atoms with Crippen molar-refractivity contribution < 1.29 is 9.90 Å². The van der Waals surface area contributed by atoms with Gasteiger partial charge in [0.25, 0.3) is 0 Å². The Morgan fingerprint density at radius 2 is 2.39 bits per heavy atom. The van der Waals surface area contributed by atoms with E-state index in [-0.39, 0.29) is 12.5 Å². The maximum Gasteiger partial charge on any atom is 0.305 e. The monoisotopic (exact) mass is 264 g/mol. The Kier molecular flexibility index (Phi) is 4.17. The van der Waals surface area contributed by atoms with E-state index in [9.17, 15) is 4.79 Å². The molecule has 1 atom stereocenters. The largest absolute Gasteiger partial charge is 0.481 e. The molecule has 4 nitrogen and oxygen atoms in total. The zero-order valence-electron chi connectivity index (χ0n) is 10.2. The van der Waals surface area contributed by atoms with Crippen molar-refractivity contribution in [2.24, 2.45) is 7.05 Å². The van der Waals surface area contributed by atoms with Crippen molar-refractivity contribution in [3.05, 3.63) is 46.4 Å². The van der Waals surface area contributed by atoms with Gasteiger partial charge in [0.15, 0.2) is 0 Å². The van der Waals surface area contributed by atoms with Crippen molar-refractivity contribution >= 4 is 17.3 Å². The Morgan fingerprint density at radius 3 is 2.94 bits per heavy atom. The lowest BCUT2D eigenvalue weighted by Gasteiger charge is -2.14. The number of hydrogen-bond donors (Lipinski definition) is 2. The van der Waals surface area contributed by atoms with E-state index in [4.69, 9.17) is 5.11 Å². The number of nitrogens with zero attached hydrogens (tertiary/aromatic N) is 1. The fourth-order valence-electron chi connectivity index (χ4n) is 1.84. The van der Waals surface area contributed by atoms with Crippen molar-refractivity contribution in [2.45, 2.75) is 19.0 Å². The van der Waals surface area contributed by atoms with E-state index in [0.717, 1.165) is 10.4 Å². The smallest absolute Gasteiger partial charge is 0.305 e. The molecule has 0 aliphatic carbocycles. The number of carboxylic acid groups (broad SMARTS) is 1. The number of aliphatic carboxylic acids is 1. The molecule has 2 heterocycles. The summed E-state index contributed by atoms with van der Waals surface area (Å²) in [4.78, 5) is 11.9. The third-order valence-electron chi connectivity index (χ3n) is 2.71. The van der Waals surface area contributed by atoms with Gasteiger partial charge < -0.3 is 15.0 Å². The van der Waals surface area contributed by atoms with Gasteiger partial charge in [-0.2, -0.15) is 0 Å². The maximum atomic E-state index is 10.9. The van der Waals surface area contributed by atoms with Gasteiger partial charge in [0.2, 0.25) is 0 Å². The topological polar surface area (TPSA) is 54.3 Å². The van der Waals surface area contributed by atoms with Crippen LogP contribution in [0.5, 0.6) is 0 Å². The number of hydrogen-bond acceptors (Lipinski definition) is 3. The molecule has 0 aromatic carbocycles. The summed E-state index contributed by atoms with van der Waals surface area (Å²) in [5, 5.41) is 14.2. The highest BCUT2D eigenvalue weighted by Gasteiger charge is 2.15. The van der Waals surface area contributed by atoms with Gasteiger partial charge in [-0.1, -0.05) is 6.07 Å². The van der Waals surface area contributed by atoms with Crippen LogP contribution < -0.4 is 5.32 Å². The highest BCUT2D eigenvalue weighted by atomic mass is 32.1. The molecule has 0 fully saturated rings. The highest BCUT2D eigenvalue weighted by molar-refractivity contribution is 7.10. The molecule has 5 heteroatoms. The van der Waals surface area contributed by atoms with Gasteiger partial charge in [0.05, 0.1) is 12.5 Å². The van der Waals surface area contributed by atoms with Crippen LogP contribution in [0.15, 0.2) is 36.0 Å². The molecule has 0 aliphatic heterocycles. The number of carboxylic acids is 1. The Labute approximate surface area is 110 Å². The summed E-state index contributed by atoms with van der Waals surface area (Å²) >= 11 is 1.58. The Morgan fingerprint density at radius 1 is 1.56 bits per heavy atom. The molecule has 2 rings (SSSR count). The second-order valence-electron chi connectivity index (χ2n) is 4.23. The van der Waals surface area contributed by atoms with Crippen molar-refractivity contribution in [3.8, 4) is 0 Å². The highest BCUT2D eigenvalue weighted by Crippen LogP contribution is 2.22. The van der Waals surface area contributed by atoms with Gasteiger partial charge in [-0.25, -0.2) is 0 Å². The van der Waals surface area contributed by atoms with Gasteiger partial charge >= 0.3 is 5.97 Å². The van der Waals surface area contributed by atoms with Crippen LogP contribution in [-0.2, 0) is 18.4 Å². The van der Waals surface area contributed by atoms with Gasteiger partial charge in [0, 0.05) is 30.9 Å². The summed E-state index contributed by atoms with van der Waals surface area (Å²) in [5.74, 6) is -0.783. The lowest BCUT2D eigenvalue weighted by atomic mass is 10.1. The first-order chi connectivity index (χ1) is 8.65. The van der Waals surface area contributed by atoms with Crippen LogP contribution >= 0.6 is 11.3 Å². The molecule has 0 bridgehead atoms. The molecule has 0 radical (unpaired) electrons. The minimum absolute atomic E-state index is 0.105. The predicted octanol–water partition coefficient (Wildman–Crippen LogP) is 2.39. The fourth-order valence-corrected chi connectivity index (χ4v) is 2.65. The van der Waals surface area contributed by atoms with Gasteiger partial charge in [-0.15, -0.1) is 11.3 Å². The van der Waals surface area contributed by atoms with Crippen LogP contribution in [0.2, 0.25) is 0 Å². The lowest BCUT2D eigenvalue weighted by molar-refractivity contribution is -0.137. The Balaban J connectivity index is 1.99. The van der Waals surface area contributed by atoms with Crippen LogP contribution in [0.3, 0.4) is 0 Å². The van der Waals surface area contributed by atoms with E-state index in [1.165, 1.54) is 0 Å². The van der Waals surface area contributed by atoms with Crippen molar-refractivity contribution in [1.29, 1.82) is 0 Å². The van der Waals surface area contributed by atoms with Gasteiger partial charge in [-0.05, 0) is 23.1 Å². The van der Waals surface area contributed by atoms with Crippen LogP contribution in [0.1, 0.15) is 22.9 Å². The quantitative estimate of drug-likeness (QED) is 0.842. The summed E-state index contributed by atoms with van der Waals surface area (Å²) < 4.78 is 1.98. The van der Waals surface area contributed by atoms with Crippen LogP contribution in [-0.4, -0.2) is 15.6 Å². The molecule has 2 aromatic rings. The third-order valence-corrected chi connectivity index (χ3v) is 3.70. The molecular weight excluding hydrogens is 248 g/mol. The molecule has 18 heavy (non-hydrogen) atoms. The molecule has 1 unspecified atom stereocenters. The minimum Gasteiger partial charge on any atom is -0.481 e. The first kappa shape index (κ1) is 12.9. The van der Waals surface area contributed by atoms with Gasteiger partial charge in [0.1, 0.15) is 0 Å². The lowest BCUT2D eigenvalue weighted by Crippen LogP contribution is -2.22. The van der Waals surface area contributed by atoms with E-state index in [1.54, 1.807) is 11.3 Å². The second kappa shape index (κ2) is 5.84. The van der Waals surface area contributed by atoms with Crippen molar-refractivity contribution in [1.82, 2.24) is 9.88 Å². The first-order valence-electron chi connectivity index (χ1n) is 5.74. The predicted molar refractivity (Wildman–Crippen MR) is 71.6 cm³/mol. The number of rotatable bonds is 6. The van der Waals surface area contributed by atoms with E-state index in [2.05, 4.69) is 5.32 Å². The molecule has 2 N–H and O–H groups in total. The fraction of sp³-hybridized carbons (Fsp3) is 0.308. The molecule has 0 saturated carbocycles. The zero-order valence-corrected chi connectivity index (χ0v) is 11.0. The summed E-state index contributed by atoms with van der Waals surface area (Å²) in [5.41, 5.74) is 1.16. The van der Waals surface area contributed by atoms with Crippen LogP contribution in [0, 0.1) is 0 Å². The number of thiophene rings is 1. The Hall–Kier alpha value is -1.59. The maximum absolute atomic E-state index is 10.9. The standard InChI is InChI=1S/C13H16N2O2S/c1-15-5-4-10(9-15)8-14-11(7-13(16)17)12-3-2-6-18-12/h2-6,9,11,14H,7-8H2,1H3,(H,16,17). The number of aryl methyl sites for hydroxylation is 1. The first-order valence-corrected chi connectivity index (χ1v) is 6.62. The molecule has 0 spiro atoms. The van der Waals surface area contributed by atoms with E-state index < -0.39 is 5.97 Å². The average Bonchev–Trinajstić information content (AvgIpc) is 2.94. The molecule has 0 amide bonds. The van der Waals surface area contributed by atoms with Crippen molar-refractivity contribution in [3.63, 3.8) is 0 Å². The number of carbonyl (C=O) groups is 1. The summed E-state index contributed by atoms with van der Waals surface area (Å²) in [6.07, 6.45) is 4.11. The third kappa shape index (κ3) is 3.45. The molecule has 2 aromatic heterocycles. The minimum atomic E-state index is -0.783. The van der Waals surface area contributed by atoms with E-state index >= 15 is 0 Å². The average molecular weight is 264 g/mol.